The van der Waals surface area contributed by atoms with Crippen molar-refractivity contribution in [2.45, 2.75) is 39.5 Å². The number of hydrogen-bond acceptors (Lipinski definition) is 3. The molecule has 98 valence electrons. The van der Waals surface area contributed by atoms with Gasteiger partial charge in [-0.2, -0.15) is 0 Å². The highest BCUT2D eigenvalue weighted by Crippen LogP contribution is 2.12. The van der Waals surface area contributed by atoms with Gasteiger partial charge in [-0.25, -0.2) is 4.79 Å². The Morgan fingerprint density at radius 2 is 2.22 bits per heavy atom. The second kappa shape index (κ2) is 7.64. The number of pyridine rings is 1. The highest BCUT2D eigenvalue weighted by atomic mass is 16.5. The Morgan fingerprint density at radius 3 is 2.83 bits per heavy atom. The van der Waals surface area contributed by atoms with Crippen molar-refractivity contribution in [3.63, 3.8) is 0 Å². The van der Waals surface area contributed by atoms with Crippen molar-refractivity contribution in [2.24, 2.45) is 0 Å². The van der Waals surface area contributed by atoms with Gasteiger partial charge in [0.05, 0.1) is 6.61 Å². The monoisotopic (exact) mass is 247 g/mol. The number of ether oxygens (including phenoxy) is 1. The number of nitrogens with zero attached hydrogens (tertiary/aromatic N) is 1. The minimum atomic E-state index is -0.369. The van der Waals surface area contributed by atoms with Crippen molar-refractivity contribution >= 4 is 5.97 Å². The molecule has 1 aromatic heterocycles. The van der Waals surface area contributed by atoms with E-state index in [1.54, 1.807) is 0 Å². The molecule has 1 rings (SSSR count). The molecule has 1 aromatic rings. The average Bonchev–Trinajstić information content (AvgIpc) is 2.40. The molecule has 0 saturated heterocycles. The van der Waals surface area contributed by atoms with Gasteiger partial charge in [-0.3, -0.25) is 4.98 Å². The molecule has 1 heterocycles. The molecule has 0 aliphatic rings. The van der Waals surface area contributed by atoms with E-state index in [0.29, 0.717) is 6.61 Å². The SMILES string of the molecule is C=CC(=O)OCCc1cc(CC)cnc1CCC. The molecule has 0 N–H and O–H groups in total. The second-order valence-electron chi connectivity index (χ2n) is 4.17. The molecular formula is C15H21NO2. The summed E-state index contributed by atoms with van der Waals surface area (Å²) in [5.74, 6) is -0.369. The quantitative estimate of drug-likeness (QED) is 0.549. The number of hydrogen-bond donors (Lipinski definition) is 0. The summed E-state index contributed by atoms with van der Waals surface area (Å²) < 4.78 is 5.02. The molecule has 0 atom stereocenters. The minimum Gasteiger partial charge on any atom is -0.462 e. The van der Waals surface area contributed by atoms with Gasteiger partial charge in [0.25, 0.3) is 0 Å². The number of carbonyl (C=O) groups excluding carboxylic acids is 1. The van der Waals surface area contributed by atoms with E-state index in [1.807, 2.05) is 6.20 Å². The zero-order valence-corrected chi connectivity index (χ0v) is 11.2. The van der Waals surface area contributed by atoms with Gasteiger partial charge >= 0.3 is 5.97 Å². The fourth-order valence-electron chi connectivity index (χ4n) is 1.78. The van der Waals surface area contributed by atoms with Crippen LogP contribution in [0.3, 0.4) is 0 Å². The van der Waals surface area contributed by atoms with Crippen LogP contribution in [0.4, 0.5) is 0 Å². The summed E-state index contributed by atoms with van der Waals surface area (Å²) in [5, 5.41) is 0. The van der Waals surface area contributed by atoms with Crippen LogP contribution in [0.5, 0.6) is 0 Å². The second-order valence-corrected chi connectivity index (χ2v) is 4.17. The van der Waals surface area contributed by atoms with Crippen LogP contribution in [0.25, 0.3) is 0 Å². The lowest BCUT2D eigenvalue weighted by Crippen LogP contribution is -2.07. The van der Waals surface area contributed by atoms with E-state index in [1.165, 1.54) is 17.2 Å². The van der Waals surface area contributed by atoms with Crippen LogP contribution in [0.15, 0.2) is 24.9 Å². The van der Waals surface area contributed by atoms with Gasteiger partial charge in [0.15, 0.2) is 0 Å². The summed E-state index contributed by atoms with van der Waals surface area (Å²) >= 11 is 0. The van der Waals surface area contributed by atoms with Crippen molar-refractivity contribution in [2.75, 3.05) is 6.61 Å². The maximum absolute atomic E-state index is 11.0. The van der Waals surface area contributed by atoms with Gasteiger partial charge in [0.2, 0.25) is 0 Å². The van der Waals surface area contributed by atoms with E-state index in [9.17, 15) is 4.79 Å². The predicted molar refractivity (Wildman–Crippen MR) is 72.5 cm³/mol. The van der Waals surface area contributed by atoms with E-state index in [0.717, 1.165) is 31.4 Å². The third-order valence-corrected chi connectivity index (χ3v) is 2.79. The van der Waals surface area contributed by atoms with E-state index in [-0.39, 0.29) is 5.97 Å². The highest BCUT2D eigenvalue weighted by Gasteiger charge is 2.06. The van der Waals surface area contributed by atoms with E-state index in [2.05, 4.69) is 31.5 Å². The zero-order chi connectivity index (χ0) is 13.4. The van der Waals surface area contributed by atoms with E-state index >= 15 is 0 Å². The van der Waals surface area contributed by atoms with Crippen LogP contribution in [0, 0.1) is 0 Å². The van der Waals surface area contributed by atoms with Crippen LogP contribution < -0.4 is 0 Å². The van der Waals surface area contributed by atoms with Gasteiger partial charge < -0.3 is 4.74 Å². The van der Waals surface area contributed by atoms with Crippen molar-refractivity contribution in [1.29, 1.82) is 0 Å². The molecular weight excluding hydrogens is 226 g/mol. The lowest BCUT2D eigenvalue weighted by Gasteiger charge is -2.10. The number of carbonyl (C=O) groups is 1. The van der Waals surface area contributed by atoms with Crippen molar-refractivity contribution in [3.8, 4) is 0 Å². The van der Waals surface area contributed by atoms with E-state index < -0.39 is 0 Å². The van der Waals surface area contributed by atoms with Crippen LogP contribution in [-0.2, 0) is 28.8 Å². The molecule has 0 spiro atoms. The van der Waals surface area contributed by atoms with Gasteiger partial charge in [-0.15, -0.1) is 0 Å². The Morgan fingerprint density at radius 1 is 1.44 bits per heavy atom. The summed E-state index contributed by atoms with van der Waals surface area (Å²) in [7, 11) is 0. The molecule has 0 fully saturated rings. The zero-order valence-electron chi connectivity index (χ0n) is 11.2. The minimum absolute atomic E-state index is 0.369. The normalized spacial score (nSPS) is 10.1. The van der Waals surface area contributed by atoms with Crippen LogP contribution in [-0.4, -0.2) is 17.6 Å². The fraction of sp³-hybridized carbons (Fsp3) is 0.467. The van der Waals surface area contributed by atoms with Gasteiger partial charge in [0.1, 0.15) is 0 Å². The maximum atomic E-state index is 11.0. The molecule has 0 saturated carbocycles. The molecule has 0 aromatic carbocycles. The molecule has 18 heavy (non-hydrogen) atoms. The Hall–Kier alpha value is -1.64. The molecule has 0 aliphatic heterocycles. The first-order valence-corrected chi connectivity index (χ1v) is 6.47. The first-order chi connectivity index (χ1) is 8.71. The van der Waals surface area contributed by atoms with Crippen LogP contribution in [0.1, 0.15) is 37.1 Å². The third-order valence-electron chi connectivity index (χ3n) is 2.79. The van der Waals surface area contributed by atoms with Crippen molar-refractivity contribution in [3.05, 3.63) is 41.7 Å². The largest absolute Gasteiger partial charge is 0.462 e. The summed E-state index contributed by atoms with van der Waals surface area (Å²) in [5.41, 5.74) is 3.53. The molecule has 0 bridgehead atoms. The molecule has 0 unspecified atom stereocenters. The van der Waals surface area contributed by atoms with Gasteiger partial charge in [0, 0.05) is 24.4 Å². The Balaban J connectivity index is 2.70. The summed E-state index contributed by atoms with van der Waals surface area (Å²) in [6, 6.07) is 2.17. The van der Waals surface area contributed by atoms with Crippen LogP contribution >= 0.6 is 0 Å². The van der Waals surface area contributed by atoms with Crippen molar-refractivity contribution in [1.82, 2.24) is 4.98 Å². The number of rotatable bonds is 7. The highest BCUT2D eigenvalue weighted by molar-refractivity contribution is 5.81. The molecule has 0 radical (unpaired) electrons. The van der Waals surface area contributed by atoms with E-state index in [4.69, 9.17) is 4.74 Å². The lowest BCUT2D eigenvalue weighted by molar-refractivity contribution is -0.137. The van der Waals surface area contributed by atoms with Crippen molar-refractivity contribution < 1.29 is 9.53 Å². The molecule has 0 amide bonds. The molecule has 3 heteroatoms. The van der Waals surface area contributed by atoms with Gasteiger partial charge in [-0.05, 0) is 24.0 Å². The maximum Gasteiger partial charge on any atom is 0.330 e. The van der Waals surface area contributed by atoms with Crippen LogP contribution in [0.2, 0.25) is 0 Å². The average molecular weight is 247 g/mol. The summed E-state index contributed by atoms with van der Waals surface area (Å²) in [6.07, 6.45) is 6.85. The summed E-state index contributed by atoms with van der Waals surface area (Å²) in [4.78, 5) is 15.5. The summed E-state index contributed by atoms with van der Waals surface area (Å²) in [6.45, 7) is 8.00. The molecule has 3 nitrogen and oxygen atoms in total. The lowest BCUT2D eigenvalue weighted by atomic mass is 10.0. The predicted octanol–water partition coefficient (Wildman–Crippen LogP) is 2.87. The first kappa shape index (κ1) is 14.4. The Labute approximate surface area is 109 Å². The molecule has 0 aliphatic carbocycles. The topological polar surface area (TPSA) is 39.2 Å². The Kier molecular flexibility index (Phi) is 6.12. The Bertz CT molecular complexity index is 413. The standard InChI is InChI=1S/C15H21NO2/c1-4-7-14-13(8-9-18-15(17)6-3)10-12(5-2)11-16-14/h6,10-11H,3-5,7-9H2,1-2H3. The number of aromatic nitrogens is 1. The van der Waals surface area contributed by atoms with Gasteiger partial charge in [-0.1, -0.05) is 32.9 Å². The third kappa shape index (κ3) is 4.32. The fourth-order valence-corrected chi connectivity index (χ4v) is 1.78. The number of esters is 1. The number of aryl methyl sites for hydroxylation is 2. The first-order valence-electron chi connectivity index (χ1n) is 6.47. The smallest absolute Gasteiger partial charge is 0.330 e.